The quantitative estimate of drug-likeness (QED) is 0.859. The predicted octanol–water partition coefficient (Wildman–Crippen LogP) is 3.68. The Morgan fingerprint density at radius 1 is 1.09 bits per heavy atom. The lowest BCUT2D eigenvalue weighted by molar-refractivity contribution is -0.130. The molecule has 3 nitrogen and oxygen atoms in total. The normalized spacial score (nSPS) is 29.2. The van der Waals surface area contributed by atoms with Gasteiger partial charge in [-0.15, -0.1) is 0 Å². The van der Waals surface area contributed by atoms with Gasteiger partial charge in [-0.2, -0.15) is 0 Å². The Balaban J connectivity index is 2.01. The maximum Gasteiger partial charge on any atom is 0.225 e. The molecule has 3 unspecified atom stereocenters. The van der Waals surface area contributed by atoms with Gasteiger partial charge in [0.1, 0.15) is 0 Å². The maximum absolute atomic E-state index is 12.4. The van der Waals surface area contributed by atoms with E-state index < -0.39 is 0 Å². The number of nitrogens with one attached hydrogen (secondary N) is 1. The molecular weight excluding hydrogens is 272 g/mol. The zero-order valence-corrected chi connectivity index (χ0v) is 15.5. The van der Waals surface area contributed by atoms with Gasteiger partial charge in [0.2, 0.25) is 5.91 Å². The molecule has 22 heavy (non-hydrogen) atoms. The van der Waals surface area contributed by atoms with Crippen molar-refractivity contribution in [1.82, 2.24) is 10.2 Å². The number of carbonyl (C=O) groups excluding carboxylic acids is 1. The van der Waals surface area contributed by atoms with Crippen molar-refractivity contribution < 1.29 is 4.79 Å². The van der Waals surface area contributed by atoms with Crippen LogP contribution in [0.25, 0.3) is 0 Å². The van der Waals surface area contributed by atoms with Crippen LogP contribution in [0.1, 0.15) is 67.2 Å². The Morgan fingerprint density at radius 2 is 1.73 bits per heavy atom. The first-order valence-electron chi connectivity index (χ1n) is 9.23. The van der Waals surface area contributed by atoms with E-state index in [-0.39, 0.29) is 11.3 Å². The lowest BCUT2D eigenvalue weighted by Gasteiger charge is -2.46. The van der Waals surface area contributed by atoms with Crippen LogP contribution in [0.5, 0.6) is 0 Å². The Morgan fingerprint density at radius 3 is 2.18 bits per heavy atom. The van der Waals surface area contributed by atoms with Gasteiger partial charge in [-0.25, -0.2) is 0 Å². The van der Waals surface area contributed by atoms with E-state index in [1.807, 2.05) is 20.8 Å². The fraction of sp³-hybridized carbons (Fsp3) is 0.947. The third-order valence-corrected chi connectivity index (χ3v) is 5.88. The third-order valence-electron chi connectivity index (χ3n) is 5.88. The van der Waals surface area contributed by atoms with Gasteiger partial charge in [-0.1, -0.05) is 41.0 Å². The van der Waals surface area contributed by atoms with Gasteiger partial charge in [-0.3, -0.25) is 9.69 Å². The number of nitrogens with zero attached hydrogens (tertiary/aromatic N) is 1. The highest BCUT2D eigenvalue weighted by Crippen LogP contribution is 2.35. The van der Waals surface area contributed by atoms with E-state index in [1.54, 1.807) is 0 Å². The topological polar surface area (TPSA) is 32.3 Å². The maximum atomic E-state index is 12.4. The smallest absolute Gasteiger partial charge is 0.225 e. The molecule has 0 spiro atoms. The molecule has 2 fully saturated rings. The second kappa shape index (κ2) is 6.90. The molecule has 1 aliphatic carbocycles. The molecule has 3 atom stereocenters. The van der Waals surface area contributed by atoms with Crippen molar-refractivity contribution in [2.45, 2.75) is 79.3 Å². The monoisotopic (exact) mass is 308 g/mol. The molecular formula is C19H36N2O. The van der Waals surface area contributed by atoms with Crippen LogP contribution in [0.2, 0.25) is 0 Å². The summed E-state index contributed by atoms with van der Waals surface area (Å²) >= 11 is 0. The average molecular weight is 309 g/mol. The Labute approximate surface area is 137 Å². The second-order valence-electron chi connectivity index (χ2n) is 9.05. The van der Waals surface area contributed by atoms with Crippen LogP contribution in [-0.2, 0) is 4.79 Å². The van der Waals surface area contributed by atoms with Crippen LogP contribution in [0.4, 0.5) is 0 Å². The van der Waals surface area contributed by atoms with E-state index in [0.29, 0.717) is 23.9 Å². The van der Waals surface area contributed by atoms with Crippen LogP contribution in [-0.4, -0.2) is 36.0 Å². The minimum Gasteiger partial charge on any atom is -0.352 e. The predicted molar refractivity (Wildman–Crippen MR) is 92.7 cm³/mol. The van der Waals surface area contributed by atoms with Crippen LogP contribution in [0.15, 0.2) is 0 Å². The summed E-state index contributed by atoms with van der Waals surface area (Å²) in [7, 11) is 0. The molecule has 2 rings (SSSR count). The number of hydrogen-bond acceptors (Lipinski definition) is 2. The van der Waals surface area contributed by atoms with Gasteiger partial charge in [0.25, 0.3) is 0 Å². The number of carbonyl (C=O) groups is 1. The van der Waals surface area contributed by atoms with Crippen LogP contribution in [0, 0.1) is 23.2 Å². The van der Waals surface area contributed by atoms with Crippen molar-refractivity contribution in [3.63, 3.8) is 0 Å². The zero-order chi connectivity index (χ0) is 16.5. The van der Waals surface area contributed by atoms with Crippen LogP contribution < -0.4 is 5.32 Å². The molecule has 2 aliphatic rings. The van der Waals surface area contributed by atoms with Crippen molar-refractivity contribution in [3.8, 4) is 0 Å². The van der Waals surface area contributed by atoms with E-state index in [9.17, 15) is 4.79 Å². The first kappa shape index (κ1) is 17.8. The lowest BCUT2D eigenvalue weighted by atomic mass is 9.77. The van der Waals surface area contributed by atoms with E-state index in [0.717, 1.165) is 18.9 Å². The third kappa shape index (κ3) is 4.24. The molecule has 1 aliphatic heterocycles. The standard InChI is InChI=1S/C19H36N2O/c1-13(2)16-10-17(20-18(22)19(4,5)6)12-21(11-16)14(3)15-8-7-9-15/h13-17H,7-12H2,1-6H3,(H,20,22). The zero-order valence-electron chi connectivity index (χ0n) is 15.5. The van der Waals surface area contributed by atoms with Gasteiger partial charge in [0.15, 0.2) is 0 Å². The molecule has 0 bridgehead atoms. The Hall–Kier alpha value is -0.570. The first-order chi connectivity index (χ1) is 10.2. The van der Waals surface area contributed by atoms with E-state index >= 15 is 0 Å². The summed E-state index contributed by atoms with van der Waals surface area (Å²) in [5.41, 5.74) is -0.296. The molecule has 0 radical (unpaired) electrons. The number of hydrogen-bond donors (Lipinski definition) is 1. The molecule has 3 heteroatoms. The van der Waals surface area contributed by atoms with Gasteiger partial charge in [0.05, 0.1) is 0 Å². The van der Waals surface area contributed by atoms with Crippen LogP contribution in [0.3, 0.4) is 0 Å². The molecule has 1 heterocycles. The van der Waals surface area contributed by atoms with E-state index in [1.165, 1.54) is 25.8 Å². The SMILES string of the molecule is CC(C)C1CC(NC(=O)C(C)(C)C)CN(C(C)C2CCC2)C1. The molecule has 128 valence electrons. The second-order valence-corrected chi connectivity index (χ2v) is 9.05. The van der Waals surface area contributed by atoms with E-state index in [2.05, 4.69) is 31.0 Å². The average Bonchev–Trinajstić information content (AvgIpc) is 2.34. The molecule has 1 amide bonds. The van der Waals surface area contributed by atoms with Gasteiger partial charge in [-0.05, 0) is 43.9 Å². The molecule has 0 aromatic rings. The Kier molecular flexibility index (Phi) is 5.58. The fourth-order valence-electron chi connectivity index (χ4n) is 3.72. The highest BCUT2D eigenvalue weighted by molar-refractivity contribution is 5.81. The Bertz CT molecular complexity index is 381. The largest absolute Gasteiger partial charge is 0.352 e. The van der Waals surface area contributed by atoms with Crippen molar-refractivity contribution in [2.75, 3.05) is 13.1 Å². The molecule has 0 aromatic heterocycles. The minimum absolute atomic E-state index is 0.193. The number of piperidine rings is 1. The van der Waals surface area contributed by atoms with Gasteiger partial charge < -0.3 is 5.32 Å². The summed E-state index contributed by atoms with van der Waals surface area (Å²) in [6.07, 6.45) is 5.32. The summed E-state index contributed by atoms with van der Waals surface area (Å²) in [5, 5.41) is 3.32. The summed E-state index contributed by atoms with van der Waals surface area (Å²) in [4.78, 5) is 15.0. The number of rotatable bonds is 4. The van der Waals surface area contributed by atoms with Crippen molar-refractivity contribution in [3.05, 3.63) is 0 Å². The molecule has 0 aromatic carbocycles. The number of likely N-dealkylation sites (tertiary alicyclic amines) is 1. The van der Waals surface area contributed by atoms with Crippen molar-refractivity contribution in [1.29, 1.82) is 0 Å². The number of amides is 1. The summed E-state index contributed by atoms with van der Waals surface area (Å²) in [5.74, 6) is 2.45. The lowest BCUT2D eigenvalue weighted by Crippen LogP contribution is -2.57. The van der Waals surface area contributed by atoms with E-state index in [4.69, 9.17) is 0 Å². The van der Waals surface area contributed by atoms with Crippen LogP contribution >= 0.6 is 0 Å². The highest BCUT2D eigenvalue weighted by Gasteiger charge is 2.36. The molecule has 1 saturated heterocycles. The van der Waals surface area contributed by atoms with Crippen molar-refractivity contribution in [2.24, 2.45) is 23.2 Å². The molecule has 1 saturated carbocycles. The highest BCUT2D eigenvalue weighted by atomic mass is 16.2. The summed E-state index contributed by atoms with van der Waals surface area (Å²) in [6.45, 7) is 15.3. The van der Waals surface area contributed by atoms with Crippen molar-refractivity contribution >= 4 is 5.91 Å². The minimum atomic E-state index is -0.296. The fourth-order valence-corrected chi connectivity index (χ4v) is 3.72. The van der Waals surface area contributed by atoms with Gasteiger partial charge >= 0.3 is 0 Å². The van der Waals surface area contributed by atoms with Gasteiger partial charge in [0, 0.05) is 30.6 Å². The molecule has 1 N–H and O–H groups in total. The summed E-state index contributed by atoms with van der Waals surface area (Å²) in [6, 6.07) is 0.986. The summed E-state index contributed by atoms with van der Waals surface area (Å²) < 4.78 is 0. The first-order valence-corrected chi connectivity index (χ1v) is 9.23.